The van der Waals surface area contributed by atoms with Gasteiger partial charge in [-0.3, -0.25) is 14.5 Å². The third-order valence-corrected chi connectivity index (χ3v) is 9.20. The highest BCUT2D eigenvalue weighted by atomic mass is 16.5. The molecule has 1 amide bonds. The van der Waals surface area contributed by atoms with Crippen molar-refractivity contribution in [1.82, 2.24) is 14.7 Å². The molecule has 38 heavy (non-hydrogen) atoms. The molecule has 7 rings (SSSR count). The highest BCUT2D eigenvalue weighted by Crippen LogP contribution is 2.61. The topological polar surface area (TPSA) is 72.2 Å². The Balaban J connectivity index is 1.22. The zero-order valence-corrected chi connectivity index (χ0v) is 22.5. The molecule has 4 aliphatic heterocycles. The Labute approximate surface area is 224 Å². The number of dihydropyridines is 1. The minimum Gasteiger partial charge on any atom is -0.478 e. The van der Waals surface area contributed by atoms with Crippen molar-refractivity contribution in [2.24, 2.45) is 10.4 Å². The van der Waals surface area contributed by atoms with Gasteiger partial charge in [0, 0.05) is 61.3 Å². The van der Waals surface area contributed by atoms with Crippen molar-refractivity contribution < 1.29 is 14.3 Å². The minimum atomic E-state index is 0.140. The van der Waals surface area contributed by atoms with Crippen molar-refractivity contribution in [2.45, 2.75) is 64.5 Å². The van der Waals surface area contributed by atoms with Crippen LogP contribution in [0.25, 0.3) is 0 Å². The molecule has 0 bridgehead atoms. The van der Waals surface area contributed by atoms with Crippen molar-refractivity contribution in [2.75, 3.05) is 44.4 Å². The summed E-state index contributed by atoms with van der Waals surface area (Å²) in [5.74, 6) is 2.19. The summed E-state index contributed by atoms with van der Waals surface area (Å²) in [5.41, 5.74) is 6.75. The number of aromatic nitrogens is 2. The van der Waals surface area contributed by atoms with E-state index in [1.54, 1.807) is 6.92 Å². The standard InChI is InChI=1S/C30H37N5O3/c1-3-38-28-9-7-23(17-31-28)21-6-8-25-22(15-21)5-4-12-34(25)29-24-18-33(20(2)36)13-10-26(24)35(32-29)27-16-30(27)11-14-37-19-30/h6-9,15,23,27H,3-5,10-14,16-19H2,1-2H3. The van der Waals surface area contributed by atoms with E-state index in [1.807, 2.05) is 17.9 Å². The smallest absolute Gasteiger partial charge is 0.219 e. The SMILES string of the molecule is CCOC1=NCC(c2ccc3c(c2)CCCN3c2nn(C3CC34CCOC4)c3c2CN(C(C)=O)CC3)C=C1. The van der Waals surface area contributed by atoms with E-state index in [9.17, 15) is 4.79 Å². The Hall–Kier alpha value is -3.13. The molecule has 3 unspecified atom stereocenters. The van der Waals surface area contributed by atoms with Gasteiger partial charge >= 0.3 is 0 Å². The number of hydrogen-bond acceptors (Lipinski definition) is 6. The lowest BCUT2D eigenvalue weighted by molar-refractivity contribution is -0.129. The number of ether oxygens (including phenoxy) is 2. The molecular weight excluding hydrogens is 478 g/mol. The molecule has 0 N–H and O–H groups in total. The molecule has 8 nitrogen and oxygen atoms in total. The van der Waals surface area contributed by atoms with E-state index >= 15 is 0 Å². The summed E-state index contributed by atoms with van der Waals surface area (Å²) in [6, 6.07) is 7.32. The first-order chi connectivity index (χ1) is 18.6. The zero-order chi connectivity index (χ0) is 25.9. The number of aliphatic imine (C=N–C) groups is 1. The normalized spacial score (nSPS) is 27.8. The molecule has 1 aliphatic carbocycles. The molecule has 5 aliphatic rings. The molecule has 1 saturated carbocycles. The Morgan fingerprint density at radius 1 is 1.26 bits per heavy atom. The van der Waals surface area contributed by atoms with Gasteiger partial charge in [0.1, 0.15) is 0 Å². The van der Waals surface area contributed by atoms with Crippen LogP contribution in [0.1, 0.15) is 67.5 Å². The van der Waals surface area contributed by atoms with Crippen LogP contribution < -0.4 is 4.90 Å². The van der Waals surface area contributed by atoms with Gasteiger partial charge in [0.15, 0.2) is 5.82 Å². The Morgan fingerprint density at radius 3 is 2.95 bits per heavy atom. The number of anilines is 2. The third-order valence-electron chi connectivity index (χ3n) is 9.20. The number of rotatable bonds is 4. The van der Waals surface area contributed by atoms with E-state index in [-0.39, 0.29) is 17.2 Å². The van der Waals surface area contributed by atoms with Gasteiger partial charge in [-0.15, -0.1) is 0 Å². The summed E-state index contributed by atoms with van der Waals surface area (Å²) in [4.78, 5) is 21.4. The van der Waals surface area contributed by atoms with Crippen molar-refractivity contribution in [1.29, 1.82) is 0 Å². The molecule has 2 aromatic rings. The lowest BCUT2D eigenvalue weighted by Gasteiger charge is -2.33. The number of carbonyl (C=O) groups is 1. The number of nitrogens with zero attached hydrogens (tertiary/aromatic N) is 5. The summed E-state index contributed by atoms with van der Waals surface area (Å²) < 4.78 is 13.7. The molecule has 2 fully saturated rings. The van der Waals surface area contributed by atoms with Gasteiger partial charge in [-0.05, 0) is 55.9 Å². The van der Waals surface area contributed by atoms with Gasteiger partial charge in [-0.2, -0.15) is 5.10 Å². The Bertz CT molecular complexity index is 1320. The third kappa shape index (κ3) is 3.96. The number of fused-ring (bicyclic) bond motifs is 2. The van der Waals surface area contributed by atoms with E-state index in [0.29, 0.717) is 19.2 Å². The number of aryl methyl sites for hydroxylation is 1. The lowest BCUT2D eigenvalue weighted by atomic mass is 9.91. The van der Waals surface area contributed by atoms with Gasteiger partial charge in [0.05, 0.1) is 32.3 Å². The molecule has 3 atom stereocenters. The van der Waals surface area contributed by atoms with Crippen molar-refractivity contribution in [3.63, 3.8) is 0 Å². The number of benzene rings is 1. The van der Waals surface area contributed by atoms with Crippen LogP contribution in [0.3, 0.4) is 0 Å². The summed E-state index contributed by atoms with van der Waals surface area (Å²) >= 11 is 0. The van der Waals surface area contributed by atoms with E-state index in [2.05, 4.69) is 38.8 Å². The number of amides is 1. The van der Waals surface area contributed by atoms with Crippen LogP contribution in [0.15, 0.2) is 35.3 Å². The second-order valence-corrected chi connectivity index (χ2v) is 11.5. The maximum atomic E-state index is 12.3. The molecule has 1 aromatic heterocycles. The molecule has 8 heteroatoms. The van der Waals surface area contributed by atoms with Crippen LogP contribution in [0.5, 0.6) is 0 Å². The first-order valence-corrected chi connectivity index (χ1v) is 14.3. The highest BCUT2D eigenvalue weighted by molar-refractivity contribution is 5.88. The van der Waals surface area contributed by atoms with Crippen molar-refractivity contribution in [3.05, 3.63) is 52.7 Å². The van der Waals surface area contributed by atoms with E-state index in [0.717, 1.165) is 76.7 Å². The summed E-state index contributed by atoms with van der Waals surface area (Å²) in [6.45, 7) is 9.10. The molecule has 1 aromatic carbocycles. The van der Waals surface area contributed by atoms with Crippen molar-refractivity contribution >= 4 is 23.3 Å². The van der Waals surface area contributed by atoms with Crippen LogP contribution in [0, 0.1) is 5.41 Å². The first-order valence-electron chi connectivity index (χ1n) is 14.3. The maximum absolute atomic E-state index is 12.3. The van der Waals surface area contributed by atoms with Gasteiger partial charge < -0.3 is 19.3 Å². The second kappa shape index (κ2) is 9.26. The zero-order valence-electron chi connectivity index (χ0n) is 22.5. The van der Waals surface area contributed by atoms with Gasteiger partial charge in [-0.25, -0.2) is 0 Å². The van der Waals surface area contributed by atoms with Crippen LogP contribution in [0.4, 0.5) is 11.5 Å². The fourth-order valence-corrected chi connectivity index (χ4v) is 6.92. The number of carbonyl (C=O) groups excluding carboxylic acids is 1. The van der Waals surface area contributed by atoms with Crippen LogP contribution in [0.2, 0.25) is 0 Å². The van der Waals surface area contributed by atoms with Crippen LogP contribution >= 0.6 is 0 Å². The van der Waals surface area contributed by atoms with Crippen LogP contribution in [-0.2, 0) is 33.7 Å². The van der Waals surface area contributed by atoms with Crippen molar-refractivity contribution in [3.8, 4) is 0 Å². The van der Waals surface area contributed by atoms with Gasteiger partial charge in [-0.1, -0.05) is 18.2 Å². The van der Waals surface area contributed by atoms with E-state index in [4.69, 9.17) is 14.6 Å². The fraction of sp³-hybridized carbons (Fsp3) is 0.567. The largest absolute Gasteiger partial charge is 0.478 e. The lowest BCUT2D eigenvalue weighted by Crippen LogP contribution is -2.35. The highest BCUT2D eigenvalue weighted by Gasteiger charge is 2.59. The fourth-order valence-electron chi connectivity index (χ4n) is 6.92. The van der Waals surface area contributed by atoms with Crippen LogP contribution in [-0.4, -0.2) is 65.9 Å². The predicted octanol–water partition coefficient (Wildman–Crippen LogP) is 4.31. The molecular formula is C30H37N5O3. The number of hydrogen-bond donors (Lipinski definition) is 0. The summed E-state index contributed by atoms with van der Waals surface area (Å²) in [6.07, 6.45) is 9.52. The Morgan fingerprint density at radius 2 is 2.18 bits per heavy atom. The first kappa shape index (κ1) is 23.9. The predicted molar refractivity (Wildman–Crippen MR) is 146 cm³/mol. The molecule has 200 valence electrons. The molecule has 5 heterocycles. The average Bonchev–Trinajstić information content (AvgIpc) is 3.25. The monoisotopic (exact) mass is 515 g/mol. The van der Waals surface area contributed by atoms with E-state index < -0.39 is 0 Å². The Kier molecular flexibility index (Phi) is 5.83. The molecule has 1 saturated heterocycles. The maximum Gasteiger partial charge on any atom is 0.219 e. The molecule has 1 spiro atoms. The quantitative estimate of drug-likeness (QED) is 0.607. The summed E-state index contributed by atoms with van der Waals surface area (Å²) in [5, 5.41) is 5.33. The molecule has 0 radical (unpaired) electrons. The summed E-state index contributed by atoms with van der Waals surface area (Å²) in [7, 11) is 0. The van der Waals surface area contributed by atoms with Gasteiger partial charge in [0.2, 0.25) is 11.8 Å². The second-order valence-electron chi connectivity index (χ2n) is 11.5. The minimum absolute atomic E-state index is 0.140. The average molecular weight is 516 g/mol. The van der Waals surface area contributed by atoms with Gasteiger partial charge in [0.25, 0.3) is 0 Å². The van der Waals surface area contributed by atoms with E-state index in [1.165, 1.54) is 28.1 Å².